The number of hydrogen-bond acceptors (Lipinski definition) is 3. The van der Waals surface area contributed by atoms with Gasteiger partial charge in [0, 0.05) is 18.4 Å². The number of anilines is 1. The van der Waals surface area contributed by atoms with Gasteiger partial charge < -0.3 is 11.1 Å². The monoisotopic (exact) mass is 227 g/mol. The van der Waals surface area contributed by atoms with Crippen molar-refractivity contribution in [3.8, 4) is 0 Å². The summed E-state index contributed by atoms with van der Waals surface area (Å²) in [6.07, 6.45) is 1.54. The summed E-state index contributed by atoms with van der Waals surface area (Å²) in [6, 6.07) is 3.27. The molecule has 82 valence electrons. The number of nitrogens with two attached hydrogens (primary N) is 1. The van der Waals surface area contributed by atoms with E-state index in [1.807, 2.05) is 0 Å². The maximum Gasteiger partial charge on any atom is 0.231 e. The number of nitrogens with one attached hydrogen (secondary N) is 1. The van der Waals surface area contributed by atoms with E-state index in [4.69, 9.17) is 17.3 Å². The zero-order valence-electron chi connectivity index (χ0n) is 8.75. The summed E-state index contributed by atoms with van der Waals surface area (Å²) in [6.45, 7) is 3.86. The minimum atomic E-state index is -0.588. The number of halogens is 1. The molecule has 1 aromatic rings. The van der Waals surface area contributed by atoms with E-state index in [0.29, 0.717) is 10.8 Å². The Kier molecular flexibility index (Phi) is 3.66. The Bertz CT molecular complexity index is 365. The van der Waals surface area contributed by atoms with Crippen LogP contribution in [0, 0.1) is 5.41 Å². The fraction of sp³-hybridized carbons (Fsp3) is 0.400. The lowest BCUT2D eigenvalue weighted by molar-refractivity contribution is -0.123. The van der Waals surface area contributed by atoms with Crippen molar-refractivity contribution < 1.29 is 4.79 Å². The number of pyridine rings is 1. The third-order valence-corrected chi connectivity index (χ3v) is 2.32. The molecule has 0 radical (unpaired) electrons. The molecule has 0 aliphatic carbocycles. The van der Waals surface area contributed by atoms with Crippen LogP contribution in [-0.4, -0.2) is 17.4 Å². The van der Waals surface area contributed by atoms with Gasteiger partial charge in [-0.2, -0.15) is 0 Å². The molecule has 1 aromatic heterocycles. The predicted octanol–water partition coefficient (Wildman–Crippen LogP) is 1.66. The van der Waals surface area contributed by atoms with Gasteiger partial charge in [-0.25, -0.2) is 4.98 Å². The van der Waals surface area contributed by atoms with Crippen molar-refractivity contribution in [2.24, 2.45) is 11.1 Å². The molecule has 1 heterocycles. The molecule has 0 aromatic carbocycles. The molecule has 0 bridgehead atoms. The highest BCUT2D eigenvalue weighted by atomic mass is 35.5. The standard InChI is InChI=1S/C10H14ClN3O/c1-10(2,6-12)9(15)14-7-3-4-13-8(11)5-7/h3-5H,6,12H2,1-2H3,(H,13,14,15). The highest BCUT2D eigenvalue weighted by molar-refractivity contribution is 6.29. The maximum absolute atomic E-state index is 11.7. The topological polar surface area (TPSA) is 68.0 Å². The molecule has 1 rings (SSSR count). The first-order valence-electron chi connectivity index (χ1n) is 4.59. The van der Waals surface area contributed by atoms with Gasteiger partial charge in [0.05, 0.1) is 5.41 Å². The first-order chi connectivity index (χ1) is 6.95. The fourth-order valence-corrected chi connectivity index (χ4v) is 1.05. The second-order valence-corrected chi connectivity index (χ2v) is 4.30. The SMILES string of the molecule is CC(C)(CN)C(=O)Nc1ccnc(Cl)c1. The molecule has 4 nitrogen and oxygen atoms in total. The Morgan fingerprint density at radius 3 is 2.87 bits per heavy atom. The molecule has 0 aliphatic heterocycles. The summed E-state index contributed by atoms with van der Waals surface area (Å²) in [5, 5.41) is 3.08. The van der Waals surface area contributed by atoms with Crippen molar-refractivity contribution in [2.75, 3.05) is 11.9 Å². The number of carbonyl (C=O) groups excluding carboxylic acids is 1. The quantitative estimate of drug-likeness (QED) is 0.772. The summed E-state index contributed by atoms with van der Waals surface area (Å²) in [5.74, 6) is -0.132. The van der Waals surface area contributed by atoms with Crippen LogP contribution in [-0.2, 0) is 4.79 Å². The molecule has 0 saturated heterocycles. The lowest BCUT2D eigenvalue weighted by atomic mass is 9.92. The average molecular weight is 228 g/mol. The third-order valence-electron chi connectivity index (χ3n) is 2.11. The molecule has 0 fully saturated rings. The number of hydrogen-bond donors (Lipinski definition) is 2. The number of rotatable bonds is 3. The van der Waals surface area contributed by atoms with Crippen LogP contribution < -0.4 is 11.1 Å². The van der Waals surface area contributed by atoms with Crippen molar-refractivity contribution in [3.05, 3.63) is 23.5 Å². The summed E-state index contributed by atoms with van der Waals surface area (Å²) >= 11 is 5.69. The van der Waals surface area contributed by atoms with Crippen LogP contribution in [0.4, 0.5) is 5.69 Å². The van der Waals surface area contributed by atoms with Gasteiger partial charge in [-0.15, -0.1) is 0 Å². The van der Waals surface area contributed by atoms with E-state index in [0.717, 1.165) is 0 Å². The van der Waals surface area contributed by atoms with Gasteiger partial charge in [-0.3, -0.25) is 4.79 Å². The highest BCUT2D eigenvalue weighted by Crippen LogP contribution is 2.18. The van der Waals surface area contributed by atoms with E-state index < -0.39 is 5.41 Å². The Morgan fingerprint density at radius 2 is 2.33 bits per heavy atom. The van der Waals surface area contributed by atoms with Crippen molar-refractivity contribution in [1.82, 2.24) is 4.98 Å². The van der Waals surface area contributed by atoms with E-state index in [2.05, 4.69) is 10.3 Å². The largest absolute Gasteiger partial charge is 0.329 e. The van der Waals surface area contributed by atoms with Crippen molar-refractivity contribution in [1.29, 1.82) is 0 Å². The summed E-state index contributed by atoms with van der Waals surface area (Å²) in [7, 11) is 0. The number of aromatic nitrogens is 1. The van der Waals surface area contributed by atoms with Gasteiger partial charge in [-0.05, 0) is 26.0 Å². The lowest BCUT2D eigenvalue weighted by Crippen LogP contribution is -2.37. The molecule has 1 amide bonds. The number of carbonyl (C=O) groups is 1. The molecule has 15 heavy (non-hydrogen) atoms. The Labute approximate surface area is 93.8 Å². The Hall–Kier alpha value is -1.13. The van der Waals surface area contributed by atoms with Gasteiger partial charge >= 0.3 is 0 Å². The molecule has 0 unspecified atom stereocenters. The molecule has 0 saturated carbocycles. The van der Waals surface area contributed by atoms with E-state index in [-0.39, 0.29) is 12.5 Å². The van der Waals surface area contributed by atoms with Gasteiger partial charge in [-0.1, -0.05) is 11.6 Å². The average Bonchev–Trinajstić information content (AvgIpc) is 2.17. The Morgan fingerprint density at radius 1 is 1.67 bits per heavy atom. The summed E-state index contributed by atoms with van der Waals surface area (Å²) in [5.41, 5.74) is 5.53. The summed E-state index contributed by atoms with van der Waals surface area (Å²) < 4.78 is 0. The maximum atomic E-state index is 11.7. The van der Waals surface area contributed by atoms with Crippen LogP contribution >= 0.6 is 11.6 Å². The predicted molar refractivity (Wildman–Crippen MR) is 60.7 cm³/mol. The van der Waals surface area contributed by atoms with Gasteiger partial charge in [0.1, 0.15) is 5.15 Å². The van der Waals surface area contributed by atoms with E-state index in [1.54, 1.807) is 26.0 Å². The van der Waals surface area contributed by atoms with Crippen LogP contribution in [0.15, 0.2) is 18.3 Å². The lowest BCUT2D eigenvalue weighted by Gasteiger charge is -2.21. The molecule has 0 atom stereocenters. The minimum absolute atomic E-state index is 0.132. The van der Waals surface area contributed by atoms with Crippen LogP contribution in [0.25, 0.3) is 0 Å². The fourth-order valence-electron chi connectivity index (χ4n) is 0.873. The molecule has 5 heteroatoms. The van der Waals surface area contributed by atoms with Crippen molar-refractivity contribution in [3.63, 3.8) is 0 Å². The van der Waals surface area contributed by atoms with Crippen LogP contribution in [0.5, 0.6) is 0 Å². The normalized spacial score (nSPS) is 11.2. The second-order valence-electron chi connectivity index (χ2n) is 3.91. The molecule has 0 aliphatic rings. The molecule has 0 spiro atoms. The molecular weight excluding hydrogens is 214 g/mol. The van der Waals surface area contributed by atoms with Gasteiger partial charge in [0.2, 0.25) is 5.91 Å². The van der Waals surface area contributed by atoms with E-state index in [9.17, 15) is 4.79 Å². The molecule has 3 N–H and O–H groups in total. The van der Waals surface area contributed by atoms with Gasteiger partial charge in [0.15, 0.2) is 0 Å². The van der Waals surface area contributed by atoms with Crippen LogP contribution in [0.2, 0.25) is 5.15 Å². The van der Waals surface area contributed by atoms with Crippen molar-refractivity contribution in [2.45, 2.75) is 13.8 Å². The van der Waals surface area contributed by atoms with Gasteiger partial charge in [0.25, 0.3) is 0 Å². The van der Waals surface area contributed by atoms with E-state index in [1.165, 1.54) is 6.20 Å². The highest BCUT2D eigenvalue weighted by Gasteiger charge is 2.25. The number of nitrogens with zero attached hydrogens (tertiary/aromatic N) is 1. The first-order valence-corrected chi connectivity index (χ1v) is 4.96. The second kappa shape index (κ2) is 4.59. The molecular formula is C10H14ClN3O. The van der Waals surface area contributed by atoms with Crippen LogP contribution in [0.1, 0.15) is 13.8 Å². The van der Waals surface area contributed by atoms with Crippen LogP contribution in [0.3, 0.4) is 0 Å². The smallest absolute Gasteiger partial charge is 0.231 e. The first kappa shape index (κ1) is 11.9. The van der Waals surface area contributed by atoms with E-state index >= 15 is 0 Å². The Balaban J connectivity index is 2.75. The van der Waals surface area contributed by atoms with Crippen molar-refractivity contribution >= 4 is 23.2 Å². The number of amides is 1. The minimum Gasteiger partial charge on any atom is -0.329 e. The third kappa shape index (κ3) is 3.18. The summed E-state index contributed by atoms with van der Waals surface area (Å²) in [4.78, 5) is 15.5. The zero-order valence-corrected chi connectivity index (χ0v) is 9.51. The zero-order chi connectivity index (χ0) is 11.5.